The van der Waals surface area contributed by atoms with Gasteiger partial charge in [0.05, 0.1) is 22.6 Å². The molecule has 1 saturated heterocycles. The van der Waals surface area contributed by atoms with Crippen LogP contribution < -0.4 is 10.6 Å². The van der Waals surface area contributed by atoms with E-state index in [4.69, 9.17) is 0 Å². The Kier molecular flexibility index (Phi) is 8.92. The van der Waals surface area contributed by atoms with Crippen molar-refractivity contribution in [1.82, 2.24) is 14.9 Å². The summed E-state index contributed by atoms with van der Waals surface area (Å²) in [6, 6.07) is 14.2. The molecule has 1 heterocycles. The van der Waals surface area contributed by atoms with Crippen molar-refractivity contribution in [3.05, 3.63) is 64.7 Å². The van der Waals surface area contributed by atoms with Crippen LogP contribution in [0.1, 0.15) is 87.6 Å². The average molecular weight is 537 g/mol. The van der Waals surface area contributed by atoms with Crippen LogP contribution in [0, 0.1) is 16.7 Å². The van der Waals surface area contributed by atoms with Gasteiger partial charge in [-0.1, -0.05) is 51.5 Å². The molecule has 7 nitrogen and oxygen atoms in total. The number of carbonyl (C=O) groups is 1. The Bertz CT molecular complexity index is 1290. The first-order chi connectivity index (χ1) is 18.1. The number of hydrogen-bond donors (Lipinski definition) is 2. The Morgan fingerprint density at radius 1 is 1.11 bits per heavy atom. The van der Waals surface area contributed by atoms with Crippen molar-refractivity contribution in [2.75, 3.05) is 13.1 Å². The van der Waals surface area contributed by atoms with Gasteiger partial charge in [0.2, 0.25) is 15.9 Å². The predicted octanol–water partition coefficient (Wildman–Crippen LogP) is 4.82. The van der Waals surface area contributed by atoms with Crippen molar-refractivity contribution in [3.8, 4) is 6.07 Å². The third-order valence-corrected chi connectivity index (χ3v) is 9.35. The van der Waals surface area contributed by atoms with E-state index in [0.29, 0.717) is 18.5 Å². The minimum Gasteiger partial charge on any atom is -0.349 e. The van der Waals surface area contributed by atoms with Gasteiger partial charge in [-0.25, -0.2) is 8.42 Å². The standard InChI is InChI=1S/C30H40N4O3S/c1-30(2,3)21-32-20-23-13-14-27-24(16-23)9-7-12-28(27)33-29(35)18-25-10-4-5-15-34(25)38(36,37)26-11-6-8-22(17-26)19-31/h6,8,11,13-14,16-17,25,28,32H,4-5,7,9-10,12,15,18,20-21H2,1-3H3,(H,33,35). The number of carbonyl (C=O) groups excluding carboxylic acids is 1. The van der Waals surface area contributed by atoms with Crippen molar-refractivity contribution in [2.24, 2.45) is 5.41 Å². The third kappa shape index (κ3) is 7.02. The molecule has 8 heteroatoms. The fourth-order valence-corrected chi connectivity index (χ4v) is 7.27. The Hall–Kier alpha value is -2.73. The van der Waals surface area contributed by atoms with Crippen molar-refractivity contribution >= 4 is 15.9 Å². The molecule has 2 unspecified atom stereocenters. The number of rotatable bonds is 8. The second kappa shape index (κ2) is 12.0. The van der Waals surface area contributed by atoms with Crippen molar-refractivity contribution in [2.45, 2.75) is 89.2 Å². The summed E-state index contributed by atoms with van der Waals surface area (Å²) in [5.41, 5.74) is 4.25. The zero-order valence-corrected chi connectivity index (χ0v) is 23.6. The summed E-state index contributed by atoms with van der Waals surface area (Å²) in [6.45, 7) is 8.80. The van der Waals surface area contributed by atoms with Gasteiger partial charge in [-0.2, -0.15) is 9.57 Å². The molecule has 2 aromatic rings. The van der Waals surface area contributed by atoms with E-state index >= 15 is 0 Å². The highest BCUT2D eigenvalue weighted by Crippen LogP contribution is 2.32. The normalized spacial score (nSPS) is 20.4. The van der Waals surface area contributed by atoms with Gasteiger partial charge in [-0.15, -0.1) is 0 Å². The number of piperidine rings is 1. The average Bonchev–Trinajstić information content (AvgIpc) is 2.88. The molecule has 2 atom stereocenters. The molecule has 4 rings (SSSR count). The summed E-state index contributed by atoms with van der Waals surface area (Å²) >= 11 is 0. The molecule has 2 N–H and O–H groups in total. The zero-order valence-electron chi connectivity index (χ0n) is 22.8. The molecular formula is C30H40N4O3S. The molecule has 0 radical (unpaired) electrons. The lowest BCUT2D eigenvalue weighted by atomic mass is 9.86. The van der Waals surface area contributed by atoms with Crippen LogP contribution in [0.4, 0.5) is 0 Å². The number of fused-ring (bicyclic) bond motifs is 1. The maximum atomic E-state index is 13.4. The number of benzene rings is 2. The van der Waals surface area contributed by atoms with Crippen LogP contribution in [0.25, 0.3) is 0 Å². The van der Waals surface area contributed by atoms with Gasteiger partial charge < -0.3 is 10.6 Å². The molecule has 1 fully saturated rings. The highest BCUT2D eigenvalue weighted by Gasteiger charge is 2.35. The Labute approximate surface area is 227 Å². The van der Waals surface area contributed by atoms with Crippen LogP contribution >= 0.6 is 0 Å². The smallest absolute Gasteiger partial charge is 0.243 e. The lowest BCUT2D eigenvalue weighted by Crippen LogP contribution is -2.46. The van der Waals surface area contributed by atoms with E-state index < -0.39 is 10.0 Å². The summed E-state index contributed by atoms with van der Waals surface area (Å²) in [7, 11) is -3.80. The molecule has 38 heavy (non-hydrogen) atoms. The SMILES string of the molecule is CC(C)(C)CNCc1ccc2c(c1)CCCC2NC(=O)CC1CCCCN1S(=O)(=O)c1cccc(C#N)c1. The van der Waals surface area contributed by atoms with E-state index in [1.54, 1.807) is 12.1 Å². The topological polar surface area (TPSA) is 102 Å². The maximum absolute atomic E-state index is 13.4. The molecule has 0 bridgehead atoms. The van der Waals surface area contributed by atoms with Crippen LogP contribution in [-0.2, 0) is 27.8 Å². The van der Waals surface area contributed by atoms with Crippen molar-refractivity contribution in [1.29, 1.82) is 5.26 Å². The molecule has 204 valence electrons. The molecule has 1 aliphatic heterocycles. The van der Waals surface area contributed by atoms with E-state index in [-0.39, 0.29) is 34.7 Å². The van der Waals surface area contributed by atoms with Crippen LogP contribution in [0.15, 0.2) is 47.4 Å². The summed E-state index contributed by atoms with van der Waals surface area (Å²) in [5, 5.41) is 16.0. The second-order valence-electron chi connectivity index (χ2n) is 11.8. The van der Waals surface area contributed by atoms with Gasteiger partial charge in [0.15, 0.2) is 0 Å². The first-order valence-electron chi connectivity index (χ1n) is 13.7. The molecule has 1 aliphatic carbocycles. The number of nitrogens with one attached hydrogen (secondary N) is 2. The third-order valence-electron chi connectivity index (χ3n) is 7.41. The monoisotopic (exact) mass is 536 g/mol. The quantitative estimate of drug-likeness (QED) is 0.504. The largest absolute Gasteiger partial charge is 0.349 e. The number of aryl methyl sites for hydroxylation is 1. The van der Waals surface area contributed by atoms with Crippen LogP contribution in [-0.4, -0.2) is 37.8 Å². The molecule has 0 aromatic heterocycles. The molecule has 1 amide bonds. The fourth-order valence-electron chi connectivity index (χ4n) is 5.53. The van der Waals surface area contributed by atoms with E-state index in [1.165, 1.54) is 33.1 Å². The maximum Gasteiger partial charge on any atom is 0.243 e. The molecule has 0 saturated carbocycles. The second-order valence-corrected chi connectivity index (χ2v) is 13.7. The number of nitrogens with zero attached hydrogens (tertiary/aromatic N) is 2. The highest BCUT2D eigenvalue weighted by molar-refractivity contribution is 7.89. The minimum absolute atomic E-state index is 0.0520. The molecule has 0 spiro atoms. The Morgan fingerprint density at radius 2 is 1.92 bits per heavy atom. The molecular weight excluding hydrogens is 496 g/mol. The van der Waals surface area contributed by atoms with Crippen molar-refractivity contribution < 1.29 is 13.2 Å². The predicted molar refractivity (Wildman–Crippen MR) is 149 cm³/mol. The van der Waals surface area contributed by atoms with Crippen molar-refractivity contribution in [3.63, 3.8) is 0 Å². The fraction of sp³-hybridized carbons (Fsp3) is 0.533. The lowest BCUT2D eigenvalue weighted by Gasteiger charge is -2.35. The number of hydrogen-bond acceptors (Lipinski definition) is 5. The van der Waals surface area contributed by atoms with Gasteiger partial charge in [0.1, 0.15) is 0 Å². The highest BCUT2D eigenvalue weighted by atomic mass is 32.2. The van der Waals surface area contributed by atoms with E-state index in [1.807, 2.05) is 6.07 Å². The molecule has 2 aliphatic rings. The summed E-state index contributed by atoms with van der Waals surface area (Å²) < 4.78 is 28.4. The first kappa shape index (κ1) is 28.3. The number of amides is 1. The Morgan fingerprint density at radius 3 is 2.68 bits per heavy atom. The van der Waals surface area contributed by atoms with Gasteiger partial charge in [-0.05, 0) is 72.4 Å². The summed E-state index contributed by atoms with van der Waals surface area (Å²) in [5.74, 6) is -0.114. The van der Waals surface area contributed by atoms with Crippen LogP contribution in [0.3, 0.4) is 0 Å². The van der Waals surface area contributed by atoms with Crippen LogP contribution in [0.2, 0.25) is 0 Å². The van der Waals surface area contributed by atoms with E-state index in [2.05, 4.69) is 49.6 Å². The molecule has 2 aromatic carbocycles. The number of nitriles is 1. The van der Waals surface area contributed by atoms with Gasteiger partial charge >= 0.3 is 0 Å². The first-order valence-corrected chi connectivity index (χ1v) is 15.1. The van der Waals surface area contributed by atoms with Gasteiger partial charge in [0, 0.05) is 32.1 Å². The summed E-state index contributed by atoms with van der Waals surface area (Å²) in [6.07, 6.45) is 5.34. The Balaban J connectivity index is 1.42. The van der Waals surface area contributed by atoms with E-state index in [9.17, 15) is 18.5 Å². The lowest BCUT2D eigenvalue weighted by molar-refractivity contribution is -0.123. The zero-order chi connectivity index (χ0) is 27.3. The number of sulfonamides is 1. The van der Waals surface area contributed by atoms with Gasteiger partial charge in [0.25, 0.3) is 0 Å². The summed E-state index contributed by atoms with van der Waals surface area (Å²) in [4.78, 5) is 13.3. The van der Waals surface area contributed by atoms with E-state index in [0.717, 1.165) is 45.2 Å². The minimum atomic E-state index is -3.80. The van der Waals surface area contributed by atoms with Gasteiger partial charge in [-0.3, -0.25) is 4.79 Å². The van der Waals surface area contributed by atoms with Crippen LogP contribution in [0.5, 0.6) is 0 Å².